The number of hydrogen-bond acceptors (Lipinski definition) is 6. The molecule has 9 nitrogen and oxygen atoms in total. The highest BCUT2D eigenvalue weighted by Gasteiger charge is 2.27. The van der Waals surface area contributed by atoms with Crippen LogP contribution in [0.4, 0.5) is 0 Å². The molecule has 0 unspecified atom stereocenters. The number of carbonyl (C=O) groups excluding carboxylic acids is 1. The van der Waals surface area contributed by atoms with Crippen LogP contribution in [-0.2, 0) is 25.0 Å². The fourth-order valence-electron chi connectivity index (χ4n) is 4.89. The molecule has 2 N–H and O–H groups in total. The number of unbranched alkanes of at least 4 members (excludes halogenated alkanes) is 12. The van der Waals surface area contributed by atoms with Crippen LogP contribution in [0.1, 0.15) is 116 Å². The quantitative estimate of drug-likeness (QED) is 0.0974. The third kappa shape index (κ3) is 19.7. The number of Topliss-reactive ketones (excluding diaryl/α,β-unsaturated/α-hetero) is 1. The lowest BCUT2D eigenvalue weighted by Gasteiger charge is -2.13. The summed E-state index contributed by atoms with van der Waals surface area (Å²) in [6.07, 6.45) is 16.5. The van der Waals surface area contributed by atoms with Gasteiger partial charge in [0.2, 0.25) is 5.84 Å². The first kappa shape index (κ1) is 34.0. The molecule has 1 aliphatic rings. The maximum Gasteiger partial charge on any atom is 0.264 e. The van der Waals surface area contributed by atoms with Crippen molar-refractivity contribution < 1.29 is 35.3 Å². The molecule has 0 bridgehead atoms. The zero-order chi connectivity index (χ0) is 27.6. The predicted molar refractivity (Wildman–Crippen MR) is 149 cm³/mol. The Labute approximate surface area is 225 Å². The van der Waals surface area contributed by atoms with E-state index in [9.17, 15) is 21.6 Å². The van der Waals surface area contributed by atoms with Gasteiger partial charge in [0, 0.05) is 19.3 Å². The number of ketones is 1. The standard InChI is InChI=1S/C26H50N2O7S2/c1-27-21-22-28(26(27)19-13-9-5-3-7-11-15-24-37(33,34)35)20-16-18-25(29)17-12-8-4-2-6-10-14-23-36(30,31)32/h2-24H2,1H3,(H-,30,31,32,33,34,35)/p+1. The van der Waals surface area contributed by atoms with E-state index in [0.717, 1.165) is 110 Å². The highest BCUT2D eigenvalue weighted by molar-refractivity contribution is 7.86. The van der Waals surface area contributed by atoms with Crippen molar-refractivity contribution in [2.24, 2.45) is 0 Å². The molecule has 37 heavy (non-hydrogen) atoms. The van der Waals surface area contributed by atoms with Crippen LogP contribution in [-0.4, -0.2) is 85.2 Å². The molecule has 0 aromatic rings. The molecular formula is C26H51N2O7S2+. The van der Waals surface area contributed by atoms with E-state index in [0.29, 0.717) is 31.5 Å². The van der Waals surface area contributed by atoms with Crippen LogP contribution in [0.5, 0.6) is 0 Å². The Morgan fingerprint density at radius 3 is 1.65 bits per heavy atom. The van der Waals surface area contributed by atoms with E-state index in [4.69, 9.17) is 9.11 Å². The number of carbonyl (C=O) groups is 1. The number of hydrogen-bond donors (Lipinski definition) is 2. The molecule has 0 atom stereocenters. The average molecular weight is 568 g/mol. The van der Waals surface area contributed by atoms with Crippen LogP contribution in [0, 0.1) is 0 Å². The summed E-state index contributed by atoms with van der Waals surface area (Å²) in [6, 6.07) is 0. The fraction of sp³-hybridized carbons (Fsp3) is 0.923. The largest absolute Gasteiger partial charge is 0.300 e. The van der Waals surface area contributed by atoms with Gasteiger partial charge in [-0.05, 0) is 32.1 Å². The summed E-state index contributed by atoms with van der Waals surface area (Å²) in [5.41, 5.74) is 0. The van der Waals surface area contributed by atoms with Crippen LogP contribution in [0.25, 0.3) is 0 Å². The van der Waals surface area contributed by atoms with E-state index in [1.807, 2.05) is 0 Å². The fourth-order valence-corrected chi connectivity index (χ4v) is 6.03. The van der Waals surface area contributed by atoms with Gasteiger partial charge in [-0.1, -0.05) is 64.2 Å². The van der Waals surface area contributed by atoms with Gasteiger partial charge in [-0.25, -0.2) is 0 Å². The second-order valence-electron chi connectivity index (χ2n) is 10.5. The van der Waals surface area contributed by atoms with E-state index in [-0.39, 0.29) is 11.5 Å². The third-order valence-electron chi connectivity index (χ3n) is 7.06. The van der Waals surface area contributed by atoms with Crippen molar-refractivity contribution in [3.05, 3.63) is 0 Å². The van der Waals surface area contributed by atoms with Gasteiger partial charge in [-0.2, -0.15) is 16.8 Å². The predicted octanol–water partition coefficient (Wildman–Crippen LogP) is 4.71. The molecule has 1 heterocycles. The summed E-state index contributed by atoms with van der Waals surface area (Å²) in [5, 5.41) is 0. The zero-order valence-corrected chi connectivity index (χ0v) is 24.5. The van der Waals surface area contributed by atoms with Gasteiger partial charge in [0.25, 0.3) is 20.2 Å². The Morgan fingerprint density at radius 1 is 0.703 bits per heavy atom. The molecule has 0 saturated carbocycles. The SMILES string of the molecule is C[N+]1=C(CCCCCCCCCS(=O)(=O)O)N(CCCC(=O)CCCCCCCCCS(=O)(=O)O)CC1. The van der Waals surface area contributed by atoms with Crippen molar-refractivity contribution in [2.45, 2.75) is 116 Å². The van der Waals surface area contributed by atoms with Gasteiger partial charge in [0.15, 0.2) is 0 Å². The lowest BCUT2D eigenvalue weighted by Crippen LogP contribution is -2.30. The van der Waals surface area contributed by atoms with Gasteiger partial charge in [0.05, 0.1) is 25.1 Å². The molecule has 0 aromatic carbocycles. The lowest BCUT2D eigenvalue weighted by atomic mass is 10.0. The highest BCUT2D eigenvalue weighted by Crippen LogP contribution is 2.14. The summed E-state index contributed by atoms with van der Waals surface area (Å²) in [5.74, 6) is 1.45. The molecule has 218 valence electrons. The highest BCUT2D eigenvalue weighted by atomic mass is 32.2. The van der Waals surface area contributed by atoms with E-state index in [2.05, 4.69) is 16.5 Å². The van der Waals surface area contributed by atoms with Gasteiger partial charge >= 0.3 is 0 Å². The Morgan fingerprint density at radius 2 is 1.14 bits per heavy atom. The van der Waals surface area contributed by atoms with Gasteiger partial charge in [0.1, 0.15) is 18.9 Å². The molecule has 0 radical (unpaired) electrons. The summed E-state index contributed by atoms with van der Waals surface area (Å²) in [7, 11) is -5.51. The summed E-state index contributed by atoms with van der Waals surface area (Å²) < 4.78 is 62.5. The minimum absolute atomic E-state index is 0.134. The maximum absolute atomic E-state index is 12.3. The first-order valence-electron chi connectivity index (χ1n) is 14.2. The molecule has 0 saturated heterocycles. The maximum atomic E-state index is 12.3. The Kier molecular flexibility index (Phi) is 17.5. The van der Waals surface area contributed by atoms with E-state index in [1.165, 1.54) is 5.84 Å². The Bertz CT molecular complexity index is 887. The van der Waals surface area contributed by atoms with Crippen LogP contribution in [0.15, 0.2) is 0 Å². The third-order valence-corrected chi connectivity index (χ3v) is 8.66. The topological polar surface area (TPSA) is 132 Å². The van der Waals surface area contributed by atoms with E-state index >= 15 is 0 Å². The van der Waals surface area contributed by atoms with Crippen LogP contribution >= 0.6 is 0 Å². The lowest BCUT2D eigenvalue weighted by molar-refractivity contribution is -0.487. The molecule has 1 aliphatic heterocycles. The van der Waals surface area contributed by atoms with Crippen molar-refractivity contribution >= 4 is 31.9 Å². The van der Waals surface area contributed by atoms with Gasteiger partial charge < -0.3 is 0 Å². The average Bonchev–Trinajstić information content (AvgIpc) is 3.14. The normalized spacial score (nSPS) is 14.6. The monoisotopic (exact) mass is 567 g/mol. The van der Waals surface area contributed by atoms with Crippen molar-refractivity contribution in [3.8, 4) is 0 Å². The van der Waals surface area contributed by atoms with E-state index < -0.39 is 20.2 Å². The number of nitrogens with zero attached hydrogens (tertiary/aromatic N) is 2. The minimum Gasteiger partial charge on any atom is -0.300 e. The molecular weight excluding hydrogens is 516 g/mol. The summed E-state index contributed by atoms with van der Waals surface area (Å²) >= 11 is 0. The van der Waals surface area contributed by atoms with Crippen molar-refractivity contribution in [2.75, 3.05) is 38.2 Å². The van der Waals surface area contributed by atoms with Gasteiger partial charge in [-0.15, -0.1) is 0 Å². The molecule has 0 spiro atoms. The zero-order valence-electron chi connectivity index (χ0n) is 22.9. The molecule has 0 aromatic heterocycles. The van der Waals surface area contributed by atoms with E-state index in [1.54, 1.807) is 0 Å². The summed E-state index contributed by atoms with van der Waals surface area (Å²) in [6.45, 7) is 2.99. The van der Waals surface area contributed by atoms with Crippen LogP contribution in [0.2, 0.25) is 0 Å². The molecule has 1 rings (SSSR count). The number of rotatable bonds is 24. The van der Waals surface area contributed by atoms with Gasteiger partial charge in [-0.3, -0.25) is 23.4 Å². The smallest absolute Gasteiger partial charge is 0.264 e. The number of amidine groups is 1. The molecule has 0 amide bonds. The Balaban J connectivity index is 2.04. The molecule has 11 heteroatoms. The minimum atomic E-state index is -3.83. The van der Waals surface area contributed by atoms with Crippen LogP contribution in [0.3, 0.4) is 0 Å². The van der Waals surface area contributed by atoms with Crippen molar-refractivity contribution in [1.82, 2.24) is 4.90 Å². The number of likely N-dealkylation sites (N-methyl/N-ethyl adjacent to an activating group) is 1. The summed E-state index contributed by atoms with van der Waals surface area (Å²) in [4.78, 5) is 14.7. The first-order chi connectivity index (χ1) is 17.5. The van der Waals surface area contributed by atoms with Crippen molar-refractivity contribution in [3.63, 3.8) is 0 Å². The van der Waals surface area contributed by atoms with Crippen molar-refractivity contribution in [1.29, 1.82) is 0 Å². The van der Waals surface area contributed by atoms with Crippen LogP contribution < -0.4 is 0 Å². The molecule has 0 fully saturated rings. The second kappa shape index (κ2) is 19.1. The second-order valence-corrected chi connectivity index (χ2v) is 13.6. The Hall–Kier alpha value is -1.04. The first-order valence-corrected chi connectivity index (χ1v) is 17.4. The molecule has 0 aliphatic carbocycles.